The molecule has 0 saturated heterocycles. The van der Waals surface area contributed by atoms with Gasteiger partial charge in [0, 0.05) is 12.2 Å². The van der Waals surface area contributed by atoms with Crippen LogP contribution in [0.2, 0.25) is 0 Å². The second-order valence-electron chi connectivity index (χ2n) is 2.47. The standard InChI is InChI=1S/C9H9F3O4/c1-2-5-15-7(13)3-4-8(14)16-6-9(10,11)12/h2-4H,1,5-6H2. The van der Waals surface area contributed by atoms with Gasteiger partial charge in [0.2, 0.25) is 0 Å². The molecular formula is C9H9F3O4. The second kappa shape index (κ2) is 6.65. The first kappa shape index (κ1) is 14.2. The van der Waals surface area contributed by atoms with E-state index in [0.29, 0.717) is 12.2 Å². The van der Waals surface area contributed by atoms with E-state index in [1.54, 1.807) is 0 Å². The Morgan fingerprint density at radius 1 is 1.12 bits per heavy atom. The SMILES string of the molecule is C=CCOC(=O)C=CC(=O)OCC(F)(F)F. The molecule has 0 N–H and O–H groups in total. The van der Waals surface area contributed by atoms with Gasteiger partial charge in [-0.25, -0.2) is 9.59 Å². The molecule has 0 amide bonds. The second-order valence-corrected chi connectivity index (χ2v) is 2.47. The lowest BCUT2D eigenvalue weighted by Gasteiger charge is -2.04. The van der Waals surface area contributed by atoms with Crippen LogP contribution >= 0.6 is 0 Å². The first-order valence-electron chi connectivity index (χ1n) is 4.04. The molecule has 16 heavy (non-hydrogen) atoms. The van der Waals surface area contributed by atoms with Crippen molar-refractivity contribution in [3.05, 3.63) is 24.8 Å². The van der Waals surface area contributed by atoms with E-state index in [1.165, 1.54) is 6.08 Å². The molecule has 0 bridgehead atoms. The minimum atomic E-state index is -4.59. The summed E-state index contributed by atoms with van der Waals surface area (Å²) >= 11 is 0. The van der Waals surface area contributed by atoms with Gasteiger partial charge in [0.05, 0.1) is 0 Å². The Hall–Kier alpha value is -1.79. The zero-order valence-corrected chi connectivity index (χ0v) is 8.12. The summed E-state index contributed by atoms with van der Waals surface area (Å²) in [5.74, 6) is -2.14. The van der Waals surface area contributed by atoms with E-state index in [4.69, 9.17) is 0 Å². The average Bonchev–Trinajstić information content (AvgIpc) is 2.19. The summed E-state index contributed by atoms with van der Waals surface area (Å²) in [5.41, 5.74) is 0. The zero-order valence-electron chi connectivity index (χ0n) is 8.12. The summed E-state index contributed by atoms with van der Waals surface area (Å²) in [6.45, 7) is 1.52. The van der Waals surface area contributed by atoms with Crippen LogP contribution in [0, 0.1) is 0 Å². The van der Waals surface area contributed by atoms with Crippen molar-refractivity contribution >= 4 is 11.9 Å². The molecule has 90 valence electrons. The Balaban J connectivity index is 3.91. The smallest absolute Gasteiger partial charge is 0.422 e. The van der Waals surface area contributed by atoms with Crippen LogP contribution in [0.3, 0.4) is 0 Å². The van der Waals surface area contributed by atoms with E-state index in [-0.39, 0.29) is 6.61 Å². The van der Waals surface area contributed by atoms with E-state index in [9.17, 15) is 22.8 Å². The number of esters is 2. The van der Waals surface area contributed by atoms with Gasteiger partial charge < -0.3 is 9.47 Å². The number of rotatable bonds is 5. The monoisotopic (exact) mass is 238 g/mol. The maximum Gasteiger partial charge on any atom is 0.422 e. The minimum absolute atomic E-state index is 0.0548. The lowest BCUT2D eigenvalue weighted by atomic mass is 10.5. The van der Waals surface area contributed by atoms with Crippen molar-refractivity contribution in [2.24, 2.45) is 0 Å². The number of carbonyl (C=O) groups excluding carboxylic acids is 2. The Morgan fingerprint density at radius 3 is 2.06 bits per heavy atom. The van der Waals surface area contributed by atoms with Crippen molar-refractivity contribution in [3.63, 3.8) is 0 Å². The lowest BCUT2D eigenvalue weighted by Crippen LogP contribution is -2.19. The molecule has 0 fully saturated rings. The molecule has 7 heteroatoms. The molecular weight excluding hydrogens is 229 g/mol. The number of hydrogen-bond acceptors (Lipinski definition) is 4. The summed E-state index contributed by atoms with van der Waals surface area (Å²) in [4.78, 5) is 21.4. The molecule has 0 radical (unpaired) electrons. The van der Waals surface area contributed by atoms with Gasteiger partial charge in [-0.15, -0.1) is 0 Å². The molecule has 4 nitrogen and oxygen atoms in total. The summed E-state index contributed by atoms with van der Waals surface area (Å²) in [5, 5.41) is 0. The fourth-order valence-corrected chi connectivity index (χ4v) is 0.526. The summed E-state index contributed by atoms with van der Waals surface area (Å²) in [7, 11) is 0. The van der Waals surface area contributed by atoms with Gasteiger partial charge >= 0.3 is 18.1 Å². The van der Waals surface area contributed by atoms with Crippen molar-refractivity contribution < 1.29 is 32.2 Å². The van der Waals surface area contributed by atoms with Gasteiger partial charge in [0.25, 0.3) is 0 Å². The highest BCUT2D eigenvalue weighted by Gasteiger charge is 2.29. The van der Waals surface area contributed by atoms with Gasteiger partial charge in [-0.1, -0.05) is 12.7 Å². The third-order valence-corrected chi connectivity index (χ3v) is 1.08. The highest BCUT2D eigenvalue weighted by molar-refractivity contribution is 5.91. The van der Waals surface area contributed by atoms with Crippen LogP contribution in [-0.4, -0.2) is 31.3 Å². The maximum absolute atomic E-state index is 11.6. The fraction of sp³-hybridized carbons (Fsp3) is 0.333. The van der Waals surface area contributed by atoms with Gasteiger partial charge in [-0.05, 0) is 0 Å². The van der Waals surface area contributed by atoms with Crippen LogP contribution in [0.15, 0.2) is 24.8 Å². The third-order valence-electron chi connectivity index (χ3n) is 1.08. The molecule has 0 aliphatic heterocycles. The van der Waals surface area contributed by atoms with Crippen molar-refractivity contribution in [1.82, 2.24) is 0 Å². The van der Waals surface area contributed by atoms with Crippen molar-refractivity contribution in [2.75, 3.05) is 13.2 Å². The first-order valence-corrected chi connectivity index (χ1v) is 4.04. The number of ether oxygens (including phenoxy) is 2. The molecule has 0 aliphatic carbocycles. The summed E-state index contributed by atoms with van der Waals surface area (Å²) in [6, 6.07) is 0. The fourth-order valence-electron chi connectivity index (χ4n) is 0.526. The van der Waals surface area contributed by atoms with Crippen LogP contribution < -0.4 is 0 Å². The molecule has 0 aliphatic rings. The minimum Gasteiger partial charge on any atom is -0.458 e. The van der Waals surface area contributed by atoms with Gasteiger partial charge in [-0.3, -0.25) is 0 Å². The quantitative estimate of drug-likeness (QED) is 0.412. The molecule has 0 atom stereocenters. The highest BCUT2D eigenvalue weighted by atomic mass is 19.4. The van der Waals surface area contributed by atoms with Crippen molar-refractivity contribution in [2.45, 2.75) is 6.18 Å². The van der Waals surface area contributed by atoms with E-state index < -0.39 is 24.7 Å². The van der Waals surface area contributed by atoms with Gasteiger partial charge in [-0.2, -0.15) is 13.2 Å². The first-order chi connectivity index (χ1) is 7.35. The van der Waals surface area contributed by atoms with E-state index in [2.05, 4.69) is 16.1 Å². The molecule has 0 rings (SSSR count). The summed E-state index contributed by atoms with van der Waals surface area (Å²) in [6.07, 6.45) is -2.07. The van der Waals surface area contributed by atoms with Crippen LogP contribution in [0.1, 0.15) is 0 Å². The van der Waals surface area contributed by atoms with E-state index in [0.717, 1.165) is 0 Å². The molecule has 0 heterocycles. The van der Waals surface area contributed by atoms with Crippen molar-refractivity contribution in [3.8, 4) is 0 Å². The van der Waals surface area contributed by atoms with Crippen LogP contribution in [0.25, 0.3) is 0 Å². The van der Waals surface area contributed by atoms with Crippen LogP contribution in [0.5, 0.6) is 0 Å². The number of hydrogen-bond donors (Lipinski definition) is 0. The number of alkyl halides is 3. The molecule has 0 aromatic rings. The van der Waals surface area contributed by atoms with Crippen molar-refractivity contribution in [1.29, 1.82) is 0 Å². The largest absolute Gasteiger partial charge is 0.458 e. The Bertz CT molecular complexity index is 294. The Labute approximate surface area is 89.3 Å². The maximum atomic E-state index is 11.6. The van der Waals surface area contributed by atoms with Gasteiger partial charge in [0.1, 0.15) is 6.61 Å². The highest BCUT2D eigenvalue weighted by Crippen LogP contribution is 2.14. The van der Waals surface area contributed by atoms with Crippen LogP contribution in [-0.2, 0) is 19.1 Å². The Kier molecular flexibility index (Phi) is 5.91. The summed E-state index contributed by atoms with van der Waals surface area (Å²) < 4.78 is 42.9. The number of halogens is 3. The average molecular weight is 238 g/mol. The lowest BCUT2D eigenvalue weighted by molar-refractivity contribution is -0.182. The molecule has 0 saturated carbocycles. The predicted octanol–water partition coefficient (Wildman–Crippen LogP) is 1.38. The normalized spacial score (nSPS) is 11.2. The predicted molar refractivity (Wildman–Crippen MR) is 47.3 cm³/mol. The van der Waals surface area contributed by atoms with Gasteiger partial charge in [0.15, 0.2) is 6.61 Å². The topological polar surface area (TPSA) is 52.6 Å². The molecule has 0 aromatic heterocycles. The van der Waals surface area contributed by atoms with E-state index >= 15 is 0 Å². The number of carbonyl (C=O) groups is 2. The third kappa shape index (κ3) is 8.79. The van der Waals surface area contributed by atoms with Crippen LogP contribution in [0.4, 0.5) is 13.2 Å². The Morgan fingerprint density at radius 2 is 1.62 bits per heavy atom. The molecule has 0 spiro atoms. The molecule has 0 aromatic carbocycles. The van der Waals surface area contributed by atoms with E-state index in [1.807, 2.05) is 0 Å². The molecule has 0 unspecified atom stereocenters. The zero-order chi connectivity index (χ0) is 12.6.